The topological polar surface area (TPSA) is 481 Å². The summed E-state index contributed by atoms with van der Waals surface area (Å²) in [5.41, 5.74) is 28.2. The molecule has 45 heteroatoms. The van der Waals surface area contributed by atoms with Gasteiger partial charge < -0.3 is 100 Å². The van der Waals surface area contributed by atoms with Gasteiger partial charge in [-0.05, 0) is 132 Å². The predicted octanol–water partition coefficient (Wildman–Crippen LogP) is 7.03. The summed E-state index contributed by atoms with van der Waals surface area (Å²) < 4.78 is 51.2. The number of fused-ring (bicyclic) bond motifs is 6. The molecule has 14 aromatic heterocycles. The smallest absolute Gasteiger partial charge is 0.260 e. The van der Waals surface area contributed by atoms with Crippen LogP contribution in [0.5, 0.6) is 35.3 Å². The van der Waals surface area contributed by atoms with Gasteiger partial charge in [0.1, 0.15) is 43.5 Å². The molecule has 0 spiro atoms. The van der Waals surface area contributed by atoms with Crippen molar-refractivity contribution in [1.82, 2.24) is 116 Å². The minimum Gasteiger partial charge on any atom is -0.475 e. The minimum absolute atomic E-state index is 0.0813. The summed E-state index contributed by atoms with van der Waals surface area (Å²) in [5.74, 6) is 3.91. The number of piperazine rings is 4. The molecule has 0 aromatic carbocycles. The van der Waals surface area contributed by atoms with E-state index in [1.165, 1.54) is 6.08 Å². The summed E-state index contributed by atoms with van der Waals surface area (Å²) >= 11 is 0. The van der Waals surface area contributed by atoms with Gasteiger partial charge >= 0.3 is 0 Å². The second-order valence-corrected chi connectivity index (χ2v) is 35.3. The Morgan fingerprint density at radius 3 is 0.852 bits per heavy atom. The van der Waals surface area contributed by atoms with E-state index in [0.717, 1.165) is 171 Å². The summed E-state index contributed by atoms with van der Waals surface area (Å²) in [6, 6.07) is 34.4. The Hall–Kier alpha value is -15.9. The number of ether oxygens (including phenoxy) is 6. The van der Waals surface area contributed by atoms with Gasteiger partial charge in [-0.15, -0.1) is 30.6 Å². The second kappa shape index (κ2) is 44.5. The normalized spacial score (nSPS) is 17.9. The maximum absolute atomic E-state index is 8.74. The molecule has 0 amide bonds. The van der Waals surface area contributed by atoms with E-state index in [1.54, 1.807) is 64.3 Å². The maximum atomic E-state index is 8.74. The molecule has 21 heterocycles. The number of aromatic nitrogens is 16. The molecule has 0 atom stereocenters. The molecular formula is C97H117N39O6. The number of likely N-dealkylation sites (N-methyl/N-ethyl adjacent to an activating group) is 4. The van der Waals surface area contributed by atoms with Crippen LogP contribution in [-0.4, -0.2) is 367 Å². The number of nitrogens with two attached hydrogens (primary N) is 3. The molecular weight excluding hydrogens is 1810 g/mol. The van der Waals surface area contributed by atoms with E-state index in [0.29, 0.717) is 128 Å². The van der Waals surface area contributed by atoms with Crippen molar-refractivity contribution in [2.24, 2.45) is 47.2 Å². The van der Waals surface area contributed by atoms with Gasteiger partial charge in [0.2, 0.25) is 0 Å². The van der Waals surface area contributed by atoms with Gasteiger partial charge in [0.15, 0.2) is 52.1 Å². The van der Waals surface area contributed by atoms with Gasteiger partial charge in [-0.25, -0.2) is 67.0 Å². The van der Waals surface area contributed by atoms with Crippen LogP contribution in [0.2, 0.25) is 0 Å². The van der Waals surface area contributed by atoms with Gasteiger partial charge in [-0.3, -0.25) is 26.0 Å². The Bertz CT molecular complexity index is 7110. The molecule has 142 heavy (non-hydrogen) atoms. The fourth-order valence-corrected chi connectivity index (χ4v) is 16.9. The highest BCUT2D eigenvalue weighted by Gasteiger charge is 2.31. The van der Waals surface area contributed by atoms with Crippen LogP contribution in [-0.2, 0) is 13.1 Å². The number of hydrogen-bond acceptors (Lipinski definition) is 34. The van der Waals surface area contributed by atoms with Crippen LogP contribution in [0.4, 0.5) is 34.1 Å². The van der Waals surface area contributed by atoms with Crippen molar-refractivity contribution in [3.8, 4) is 35.3 Å². The highest BCUT2D eigenvalue weighted by molar-refractivity contribution is 6.54. The lowest BCUT2D eigenvalue weighted by Crippen LogP contribution is -2.45. The summed E-state index contributed by atoms with van der Waals surface area (Å²) in [6.07, 6.45) is 28.0. The Kier molecular flexibility index (Phi) is 29.8. The molecule has 4 saturated heterocycles. The van der Waals surface area contributed by atoms with Crippen molar-refractivity contribution in [3.63, 3.8) is 0 Å². The van der Waals surface area contributed by atoms with Crippen LogP contribution < -0.4 is 61.6 Å². The van der Waals surface area contributed by atoms with E-state index in [2.05, 4.69) is 129 Å². The van der Waals surface area contributed by atoms with Crippen LogP contribution in [0.15, 0.2) is 249 Å². The molecule has 4 fully saturated rings. The number of nitrogens with one attached hydrogen (secondary N) is 6. The zero-order valence-electron chi connectivity index (χ0n) is 79.9. The van der Waals surface area contributed by atoms with Gasteiger partial charge in [-0.2, -0.15) is 0 Å². The number of pyridine rings is 6. The number of rotatable bonds is 32. The SMILES string of the molecule is CN1CCN(CCCOc2nn3ccccc3c2N=C2N=C(Nc3c(OCCCN4CCN(C)CC4)nn4ccccc34)C(=N)C=C2N)CC1.CN1CCN(CCOc2nn3ccccc3c2N=C2N=C(Nc3c(OCCN4CCN(C)CC4)nn4ccccc34)C(=N)C=C2N)CC1.N=C1C=C(N)C(=Nc2c(OCCn3ccnc3)nn3ccccc23)N=C1Nc1c(OCCn2ccnc2)nn2ccccc12. The van der Waals surface area contributed by atoms with E-state index < -0.39 is 0 Å². The first-order valence-electron chi connectivity index (χ1n) is 47.6. The molecule has 21 rings (SSSR count). The standard InChI is InChI=1S/C35H47N13O2.C33H43N13O2.C29H27N13O2/c1-43-15-19-45(20-16-43)11-7-23-49-34-30(28-9-3-5-13-47(28)41-34)38-32-26(36)25-27(37)33(40-32)39-31-29-10-4-6-14-48(29)42-35(31)50-24-8-12-46-21-17-44(2)18-22-46;1-41-11-15-43(16-12-41)19-21-47-32-28(26-7-3-5-9-45(26)39-32)36-30-24(34)23-25(35)31(38-30)37-29-27-8-4-6-10-46(27)40-33(29)48-22-20-44-17-13-42(2)14-18-44;30-20-17-21(31)27(35-25-23-6-2-4-10-42(23)38-29(25)44-16-14-40-12-8-33-19-40)36-26(20)34-24-22-5-1-3-9-41(22)37-28(24)43-15-13-39-11-7-32-18-39/h3-6,9-10,13-14,25,36H,7-8,11-12,15-24,37H2,1-2H3,(H,38,39,40);3-10,23,34H,11-22,35H2,1-2H3,(H,36,37,38);1-12,17-19,30H,13-16,31H2,(H,34,35,36). The Morgan fingerprint density at radius 1 is 0.303 bits per heavy atom. The van der Waals surface area contributed by atoms with Crippen LogP contribution in [0.1, 0.15) is 12.8 Å². The molecule has 0 unspecified atom stereocenters. The van der Waals surface area contributed by atoms with E-state index in [1.807, 2.05) is 168 Å². The lowest BCUT2D eigenvalue weighted by Gasteiger charge is -2.32. The highest BCUT2D eigenvalue weighted by atomic mass is 16.5. The second-order valence-electron chi connectivity index (χ2n) is 35.3. The number of amidine groups is 6. The quantitative estimate of drug-likeness (QED) is 0.0191. The first kappa shape index (κ1) is 95.0. The molecule has 7 aliphatic heterocycles. The molecule has 0 radical (unpaired) electrons. The Balaban J connectivity index is 0.000000135. The van der Waals surface area contributed by atoms with E-state index in [4.69, 9.17) is 86.8 Å². The number of dihydropyridines is 3. The van der Waals surface area contributed by atoms with Crippen molar-refractivity contribution in [2.75, 3.05) is 215 Å². The fraction of sp³-hybridized carbons (Fsp3) is 0.351. The van der Waals surface area contributed by atoms with Gasteiger partial charge in [0.25, 0.3) is 35.3 Å². The number of aliphatic imine (C=N–C) groups is 6. The summed E-state index contributed by atoms with van der Waals surface area (Å²) in [5, 5.41) is 63.9. The molecule has 14 aromatic rings. The van der Waals surface area contributed by atoms with E-state index >= 15 is 0 Å². The number of nitrogens with zero attached hydrogens (tertiary/aromatic N) is 30. The number of hydrogen-bond donors (Lipinski definition) is 9. The number of imidazole rings is 2. The first-order chi connectivity index (χ1) is 69.4. The third kappa shape index (κ3) is 23.0. The lowest BCUT2D eigenvalue weighted by molar-refractivity contribution is 0.132. The molecule has 7 aliphatic rings. The zero-order chi connectivity index (χ0) is 97.4. The van der Waals surface area contributed by atoms with Crippen molar-refractivity contribution >= 4 is 119 Å². The average Bonchev–Trinajstić information content (AvgIpc) is 1.63. The van der Waals surface area contributed by atoms with Crippen molar-refractivity contribution < 1.29 is 28.4 Å². The van der Waals surface area contributed by atoms with Crippen molar-refractivity contribution in [3.05, 3.63) is 219 Å². The lowest BCUT2D eigenvalue weighted by atomic mass is 10.2. The zero-order valence-corrected chi connectivity index (χ0v) is 79.9. The van der Waals surface area contributed by atoms with Crippen LogP contribution in [0, 0.1) is 16.2 Å². The van der Waals surface area contributed by atoms with E-state index in [-0.39, 0.29) is 69.2 Å². The fourth-order valence-electron chi connectivity index (χ4n) is 16.9. The van der Waals surface area contributed by atoms with Crippen LogP contribution >= 0.6 is 0 Å². The van der Waals surface area contributed by atoms with Crippen molar-refractivity contribution in [2.45, 2.75) is 25.9 Å². The van der Waals surface area contributed by atoms with Crippen LogP contribution in [0.25, 0.3) is 33.1 Å². The van der Waals surface area contributed by atoms with Gasteiger partial charge in [-0.1, -0.05) is 36.4 Å². The van der Waals surface area contributed by atoms with Crippen LogP contribution in [0.3, 0.4) is 0 Å². The molecule has 45 nitrogen and oxygen atoms in total. The molecule has 0 aliphatic carbocycles. The monoisotopic (exact) mass is 1920 g/mol. The first-order valence-corrected chi connectivity index (χ1v) is 47.6. The predicted molar refractivity (Wildman–Crippen MR) is 548 cm³/mol. The number of anilines is 3. The third-order valence-electron chi connectivity index (χ3n) is 25.1. The van der Waals surface area contributed by atoms with E-state index in [9.17, 15) is 0 Å². The molecule has 736 valence electrons. The molecule has 12 N–H and O–H groups in total. The summed E-state index contributed by atoms with van der Waals surface area (Å²) in [7, 11) is 8.62. The largest absolute Gasteiger partial charge is 0.475 e. The highest BCUT2D eigenvalue weighted by Crippen LogP contribution is 2.39. The maximum Gasteiger partial charge on any atom is 0.260 e. The molecule has 0 bridgehead atoms. The van der Waals surface area contributed by atoms with Gasteiger partial charge in [0, 0.05) is 193 Å². The minimum atomic E-state index is 0.0813. The average molecular weight is 1930 g/mol. The summed E-state index contributed by atoms with van der Waals surface area (Å²) in [6.45, 7) is 24.2. The van der Waals surface area contributed by atoms with Gasteiger partial charge in [0.05, 0.1) is 106 Å². The Labute approximate surface area is 818 Å². The third-order valence-corrected chi connectivity index (χ3v) is 25.1. The van der Waals surface area contributed by atoms with Crippen molar-refractivity contribution in [1.29, 1.82) is 16.2 Å². The summed E-state index contributed by atoms with van der Waals surface area (Å²) in [4.78, 5) is 55.9. The Morgan fingerprint density at radius 2 is 0.556 bits per heavy atom. The molecule has 0 saturated carbocycles.